The summed E-state index contributed by atoms with van der Waals surface area (Å²) in [5, 5.41) is 3.09. The van der Waals surface area contributed by atoms with Crippen LogP contribution >= 0.6 is 7.60 Å². The highest BCUT2D eigenvalue weighted by atomic mass is 31.2. The minimum absolute atomic E-state index is 0.0881. The maximum Gasteiger partial charge on any atom is 0.329 e. The van der Waals surface area contributed by atoms with Gasteiger partial charge in [-0.3, -0.25) is 9.36 Å². The Morgan fingerprint density at radius 3 is 2.21 bits per heavy atom. The second kappa shape index (κ2) is 6.96. The molecule has 0 bridgehead atoms. The van der Waals surface area contributed by atoms with Crippen molar-refractivity contribution in [3.63, 3.8) is 0 Å². The van der Waals surface area contributed by atoms with Gasteiger partial charge in [0.05, 0.1) is 6.16 Å². The van der Waals surface area contributed by atoms with Gasteiger partial charge in [0.2, 0.25) is 0 Å². The van der Waals surface area contributed by atoms with Gasteiger partial charge in [0, 0.05) is 12.5 Å². The minimum Gasteiger partial charge on any atom is -0.324 e. The average Bonchev–Trinajstić information content (AvgIpc) is 2.28. The molecule has 0 amide bonds. The average molecular weight is 285 g/mol. The molecule has 19 heavy (non-hydrogen) atoms. The summed E-state index contributed by atoms with van der Waals surface area (Å²) in [5.41, 5.74) is 1.65. The van der Waals surface area contributed by atoms with Crippen LogP contribution in [-0.4, -0.2) is 28.7 Å². The number of carbonyl (C=O) groups excluding carboxylic acids is 1. The molecule has 1 unspecified atom stereocenters. The molecule has 1 aromatic rings. The molecule has 0 spiro atoms. The molecule has 0 aliphatic rings. The summed E-state index contributed by atoms with van der Waals surface area (Å²) < 4.78 is 10.9. The van der Waals surface area contributed by atoms with Crippen molar-refractivity contribution in [1.29, 1.82) is 0 Å². The molecule has 0 fully saturated rings. The number of nitrogens with one attached hydrogen (secondary N) is 1. The van der Waals surface area contributed by atoms with E-state index in [1.54, 1.807) is 19.1 Å². The van der Waals surface area contributed by atoms with Gasteiger partial charge in [0.1, 0.15) is 5.78 Å². The number of hydrogen-bond acceptors (Lipinski definition) is 3. The van der Waals surface area contributed by atoms with Gasteiger partial charge in [-0.25, -0.2) is 0 Å². The van der Waals surface area contributed by atoms with Crippen molar-refractivity contribution >= 4 is 13.4 Å². The molecule has 0 radical (unpaired) electrons. The SMILES string of the molecule is CNC(CC(C)=O)Cc1ccc(CP(=O)(O)O)cc1. The Morgan fingerprint density at radius 1 is 1.26 bits per heavy atom. The van der Waals surface area contributed by atoms with E-state index in [9.17, 15) is 9.36 Å². The third kappa shape index (κ3) is 6.64. The van der Waals surface area contributed by atoms with Crippen LogP contribution in [0, 0.1) is 0 Å². The predicted molar refractivity (Wildman–Crippen MR) is 74.0 cm³/mol. The molecule has 1 aromatic carbocycles. The Kier molecular flexibility index (Phi) is 5.88. The largest absolute Gasteiger partial charge is 0.329 e. The number of likely N-dealkylation sites (N-methyl/N-ethyl adjacent to an activating group) is 1. The quantitative estimate of drug-likeness (QED) is 0.660. The molecule has 0 aliphatic heterocycles. The summed E-state index contributed by atoms with van der Waals surface area (Å²) >= 11 is 0. The van der Waals surface area contributed by atoms with E-state index in [0.717, 1.165) is 5.56 Å². The highest BCUT2D eigenvalue weighted by Crippen LogP contribution is 2.38. The third-order valence-corrected chi connectivity index (χ3v) is 3.61. The van der Waals surface area contributed by atoms with Gasteiger partial charge < -0.3 is 15.1 Å². The standard InChI is InChI=1S/C13H20NO4P/c1-10(15)7-13(14-2)8-11-3-5-12(6-4-11)9-19(16,17)18/h3-6,13-14H,7-9H2,1-2H3,(H2,16,17,18). The molecular formula is C13H20NO4P. The molecular weight excluding hydrogens is 265 g/mol. The normalized spacial score (nSPS) is 13.3. The van der Waals surface area contributed by atoms with Crippen LogP contribution in [0.1, 0.15) is 24.5 Å². The van der Waals surface area contributed by atoms with E-state index in [0.29, 0.717) is 18.4 Å². The Balaban J connectivity index is 2.65. The van der Waals surface area contributed by atoms with Crippen LogP contribution in [0.4, 0.5) is 0 Å². The molecule has 3 N–H and O–H groups in total. The Labute approximate surface area is 113 Å². The number of benzene rings is 1. The fourth-order valence-corrected chi connectivity index (χ4v) is 2.61. The summed E-state index contributed by atoms with van der Waals surface area (Å²) in [5.74, 6) is 0.137. The van der Waals surface area contributed by atoms with Crippen LogP contribution in [0.3, 0.4) is 0 Å². The van der Waals surface area contributed by atoms with Gasteiger partial charge in [0.25, 0.3) is 0 Å². The lowest BCUT2D eigenvalue weighted by atomic mass is 10.0. The van der Waals surface area contributed by atoms with E-state index in [2.05, 4.69) is 5.32 Å². The van der Waals surface area contributed by atoms with E-state index >= 15 is 0 Å². The summed E-state index contributed by atoms with van der Waals surface area (Å²) in [4.78, 5) is 28.9. The predicted octanol–water partition coefficient (Wildman–Crippen LogP) is 1.47. The summed E-state index contributed by atoms with van der Waals surface area (Å²) in [6.45, 7) is 1.56. The van der Waals surface area contributed by atoms with Gasteiger partial charge >= 0.3 is 7.60 Å². The molecule has 6 heteroatoms. The summed E-state index contributed by atoms with van der Waals surface area (Å²) in [6.07, 6.45) is 0.948. The first-order valence-electron chi connectivity index (χ1n) is 6.09. The van der Waals surface area contributed by atoms with Crippen LogP contribution in [0.2, 0.25) is 0 Å². The Morgan fingerprint density at radius 2 is 1.79 bits per heavy atom. The minimum atomic E-state index is -4.01. The smallest absolute Gasteiger partial charge is 0.324 e. The van der Waals surface area contributed by atoms with Crippen LogP contribution in [0.15, 0.2) is 24.3 Å². The van der Waals surface area contributed by atoms with Crippen molar-refractivity contribution in [3.05, 3.63) is 35.4 Å². The van der Waals surface area contributed by atoms with Gasteiger partial charge in [-0.15, -0.1) is 0 Å². The lowest BCUT2D eigenvalue weighted by Crippen LogP contribution is -2.29. The number of Topliss-reactive ketones (excluding diaryl/α,β-unsaturated/α-hetero) is 1. The van der Waals surface area contributed by atoms with Gasteiger partial charge in [-0.05, 0) is 31.5 Å². The molecule has 0 aromatic heterocycles. The first-order chi connectivity index (χ1) is 8.80. The molecule has 0 saturated carbocycles. The monoisotopic (exact) mass is 285 g/mol. The van der Waals surface area contributed by atoms with Gasteiger partial charge in [0.15, 0.2) is 0 Å². The van der Waals surface area contributed by atoms with Crippen molar-refractivity contribution in [1.82, 2.24) is 5.32 Å². The highest BCUT2D eigenvalue weighted by Gasteiger charge is 2.14. The van der Waals surface area contributed by atoms with Gasteiger partial charge in [-0.1, -0.05) is 24.3 Å². The molecule has 106 valence electrons. The Bertz CT molecular complexity index is 466. The fourth-order valence-electron chi connectivity index (χ4n) is 1.93. The van der Waals surface area contributed by atoms with Crippen LogP contribution in [-0.2, 0) is 21.9 Å². The van der Waals surface area contributed by atoms with Crippen molar-refractivity contribution in [2.45, 2.75) is 32.0 Å². The lowest BCUT2D eigenvalue weighted by Gasteiger charge is -2.14. The van der Waals surface area contributed by atoms with Gasteiger partial charge in [-0.2, -0.15) is 0 Å². The molecule has 5 nitrogen and oxygen atoms in total. The van der Waals surface area contributed by atoms with Crippen LogP contribution in [0.5, 0.6) is 0 Å². The second-order valence-corrected chi connectivity index (χ2v) is 6.38. The molecule has 1 rings (SSSR count). The van der Waals surface area contributed by atoms with Crippen molar-refractivity contribution in [2.75, 3.05) is 7.05 Å². The maximum absolute atomic E-state index is 11.1. The Hall–Kier alpha value is -1.00. The molecule has 0 heterocycles. The summed E-state index contributed by atoms with van der Waals surface area (Å²) in [7, 11) is -2.20. The third-order valence-electron chi connectivity index (χ3n) is 2.84. The van der Waals surface area contributed by atoms with Crippen molar-refractivity contribution in [2.24, 2.45) is 0 Å². The van der Waals surface area contributed by atoms with E-state index in [-0.39, 0.29) is 18.0 Å². The molecule has 0 saturated heterocycles. The zero-order chi connectivity index (χ0) is 14.5. The van der Waals surface area contributed by atoms with E-state index < -0.39 is 7.60 Å². The summed E-state index contributed by atoms with van der Waals surface area (Å²) in [6, 6.07) is 7.21. The van der Waals surface area contributed by atoms with E-state index in [4.69, 9.17) is 9.79 Å². The van der Waals surface area contributed by atoms with Crippen molar-refractivity contribution < 1.29 is 19.1 Å². The van der Waals surface area contributed by atoms with Crippen LogP contribution < -0.4 is 5.32 Å². The maximum atomic E-state index is 11.1. The highest BCUT2D eigenvalue weighted by molar-refractivity contribution is 7.50. The molecule has 0 aliphatic carbocycles. The van der Waals surface area contributed by atoms with E-state index in [1.165, 1.54) is 0 Å². The topological polar surface area (TPSA) is 86.6 Å². The first kappa shape index (κ1) is 16.1. The zero-order valence-electron chi connectivity index (χ0n) is 11.2. The number of hydrogen-bond donors (Lipinski definition) is 3. The molecule has 1 atom stereocenters. The zero-order valence-corrected chi connectivity index (χ0v) is 12.1. The fraction of sp³-hybridized carbons (Fsp3) is 0.462. The number of rotatable bonds is 7. The first-order valence-corrected chi connectivity index (χ1v) is 7.89. The number of carbonyl (C=O) groups is 1. The van der Waals surface area contributed by atoms with Crippen LogP contribution in [0.25, 0.3) is 0 Å². The van der Waals surface area contributed by atoms with Crippen molar-refractivity contribution in [3.8, 4) is 0 Å². The number of ketones is 1. The lowest BCUT2D eigenvalue weighted by molar-refractivity contribution is -0.117. The second-order valence-electron chi connectivity index (χ2n) is 4.74. The van der Waals surface area contributed by atoms with E-state index in [1.807, 2.05) is 19.2 Å².